The molecule has 1 rings (SSSR count). The number of hydrogen-bond donors (Lipinski definition) is 0. The highest BCUT2D eigenvalue weighted by Gasteiger charge is 2.08. The molecule has 1 aromatic heterocycles. The summed E-state index contributed by atoms with van der Waals surface area (Å²) in [6.07, 6.45) is 2.23. The van der Waals surface area contributed by atoms with Crippen LogP contribution in [0.15, 0.2) is 5.38 Å². The van der Waals surface area contributed by atoms with E-state index in [4.69, 9.17) is 11.6 Å². The molecule has 0 fully saturated rings. The number of alkyl halides is 1. The van der Waals surface area contributed by atoms with Gasteiger partial charge in [0.2, 0.25) is 0 Å². The third-order valence-corrected chi connectivity index (χ3v) is 3.99. The van der Waals surface area contributed by atoms with Gasteiger partial charge in [-0.1, -0.05) is 6.92 Å². The number of rotatable bonds is 6. The quantitative estimate of drug-likeness (QED) is 0.717. The molecule has 1 heterocycles. The van der Waals surface area contributed by atoms with Gasteiger partial charge in [0, 0.05) is 24.4 Å². The SMILES string of the molecule is CCC(C)N(C)CCc1nc(CCl)cs1. The van der Waals surface area contributed by atoms with E-state index in [1.807, 2.05) is 5.38 Å². The van der Waals surface area contributed by atoms with Gasteiger partial charge in [0.05, 0.1) is 16.6 Å². The first kappa shape index (κ1) is 12.9. The van der Waals surface area contributed by atoms with Crippen LogP contribution in [0, 0.1) is 0 Å². The van der Waals surface area contributed by atoms with Crippen molar-refractivity contribution in [1.82, 2.24) is 9.88 Å². The van der Waals surface area contributed by atoms with E-state index in [-0.39, 0.29) is 0 Å². The summed E-state index contributed by atoms with van der Waals surface area (Å²) in [5, 5.41) is 3.24. The van der Waals surface area contributed by atoms with Crippen LogP contribution in [0.5, 0.6) is 0 Å². The Balaban J connectivity index is 2.36. The van der Waals surface area contributed by atoms with E-state index in [1.165, 1.54) is 11.4 Å². The third kappa shape index (κ3) is 4.09. The molecule has 0 aliphatic rings. The van der Waals surface area contributed by atoms with Gasteiger partial charge < -0.3 is 4.90 Å². The van der Waals surface area contributed by atoms with E-state index in [2.05, 4.69) is 30.8 Å². The fourth-order valence-corrected chi connectivity index (χ4v) is 2.34. The van der Waals surface area contributed by atoms with Crippen LogP contribution in [0.2, 0.25) is 0 Å². The summed E-state index contributed by atoms with van der Waals surface area (Å²) in [6.45, 7) is 5.55. The smallest absolute Gasteiger partial charge is 0.0941 e. The zero-order chi connectivity index (χ0) is 11.3. The van der Waals surface area contributed by atoms with Crippen LogP contribution in [0.4, 0.5) is 0 Å². The summed E-state index contributed by atoms with van der Waals surface area (Å²) in [4.78, 5) is 6.82. The molecule has 15 heavy (non-hydrogen) atoms. The summed E-state index contributed by atoms with van der Waals surface area (Å²) in [7, 11) is 2.17. The Morgan fingerprint density at radius 1 is 1.60 bits per heavy atom. The van der Waals surface area contributed by atoms with Crippen molar-refractivity contribution in [2.45, 2.75) is 38.6 Å². The molecule has 1 aromatic rings. The van der Waals surface area contributed by atoms with Crippen molar-refractivity contribution in [1.29, 1.82) is 0 Å². The van der Waals surface area contributed by atoms with Crippen molar-refractivity contribution >= 4 is 22.9 Å². The number of halogens is 1. The maximum atomic E-state index is 5.71. The predicted molar refractivity (Wildman–Crippen MR) is 67.8 cm³/mol. The van der Waals surface area contributed by atoms with E-state index < -0.39 is 0 Å². The highest BCUT2D eigenvalue weighted by molar-refractivity contribution is 7.09. The third-order valence-electron chi connectivity index (χ3n) is 2.76. The molecule has 4 heteroatoms. The lowest BCUT2D eigenvalue weighted by Gasteiger charge is -2.22. The molecule has 0 amide bonds. The Labute approximate surface area is 101 Å². The van der Waals surface area contributed by atoms with Crippen LogP contribution in [-0.4, -0.2) is 29.5 Å². The molecule has 0 aromatic carbocycles. The van der Waals surface area contributed by atoms with Crippen molar-refractivity contribution < 1.29 is 0 Å². The molecule has 0 radical (unpaired) electrons. The van der Waals surface area contributed by atoms with Crippen molar-refractivity contribution in [2.24, 2.45) is 0 Å². The van der Waals surface area contributed by atoms with Crippen LogP contribution in [0.3, 0.4) is 0 Å². The molecule has 86 valence electrons. The Hall–Kier alpha value is -0.120. The first-order valence-electron chi connectivity index (χ1n) is 5.36. The number of likely N-dealkylation sites (N-methyl/N-ethyl adjacent to an activating group) is 1. The second kappa shape index (κ2) is 6.46. The summed E-state index contributed by atoms with van der Waals surface area (Å²) >= 11 is 7.42. The van der Waals surface area contributed by atoms with E-state index >= 15 is 0 Å². The molecule has 0 saturated carbocycles. The topological polar surface area (TPSA) is 16.1 Å². The van der Waals surface area contributed by atoms with Gasteiger partial charge in [-0.3, -0.25) is 0 Å². The molecule has 2 nitrogen and oxygen atoms in total. The molecule has 0 N–H and O–H groups in total. The van der Waals surface area contributed by atoms with Crippen LogP contribution in [0.1, 0.15) is 31.0 Å². The molecule has 0 bridgehead atoms. The normalized spacial score (nSPS) is 13.4. The highest BCUT2D eigenvalue weighted by atomic mass is 35.5. The maximum absolute atomic E-state index is 5.71. The second-order valence-electron chi connectivity index (χ2n) is 3.85. The lowest BCUT2D eigenvalue weighted by atomic mass is 10.2. The van der Waals surface area contributed by atoms with Gasteiger partial charge >= 0.3 is 0 Å². The summed E-state index contributed by atoms with van der Waals surface area (Å²) in [5.41, 5.74) is 1.00. The average Bonchev–Trinajstić information content (AvgIpc) is 2.72. The van der Waals surface area contributed by atoms with Gasteiger partial charge in [-0.15, -0.1) is 22.9 Å². The molecule has 0 aliphatic carbocycles. The second-order valence-corrected chi connectivity index (χ2v) is 5.06. The Morgan fingerprint density at radius 3 is 2.87 bits per heavy atom. The minimum atomic E-state index is 0.525. The molecular weight excluding hydrogens is 228 g/mol. The minimum absolute atomic E-state index is 0.525. The predicted octanol–water partition coefficient (Wildman–Crippen LogP) is 3.15. The maximum Gasteiger partial charge on any atom is 0.0941 e. The largest absolute Gasteiger partial charge is 0.303 e. The van der Waals surface area contributed by atoms with Gasteiger partial charge in [0.1, 0.15) is 0 Å². The molecule has 1 atom stereocenters. The number of nitrogens with zero attached hydrogens (tertiary/aromatic N) is 2. The zero-order valence-corrected chi connectivity index (χ0v) is 11.2. The molecular formula is C11H19ClN2S. The van der Waals surface area contributed by atoms with Crippen molar-refractivity contribution in [2.75, 3.05) is 13.6 Å². The zero-order valence-electron chi connectivity index (χ0n) is 9.66. The van der Waals surface area contributed by atoms with E-state index in [0.717, 1.165) is 18.7 Å². The van der Waals surface area contributed by atoms with Gasteiger partial charge in [0.25, 0.3) is 0 Å². The highest BCUT2D eigenvalue weighted by Crippen LogP contribution is 2.13. The Morgan fingerprint density at radius 2 is 2.33 bits per heavy atom. The van der Waals surface area contributed by atoms with Crippen molar-refractivity contribution in [3.05, 3.63) is 16.1 Å². The van der Waals surface area contributed by atoms with Crippen molar-refractivity contribution in [3.8, 4) is 0 Å². The van der Waals surface area contributed by atoms with Gasteiger partial charge in [-0.25, -0.2) is 4.98 Å². The van der Waals surface area contributed by atoms with Crippen LogP contribution in [0.25, 0.3) is 0 Å². The minimum Gasteiger partial charge on any atom is -0.303 e. The summed E-state index contributed by atoms with van der Waals surface area (Å²) < 4.78 is 0. The summed E-state index contributed by atoms with van der Waals surface area (Å²) in [6, 6.07) is 0.650. The number of thiazole rings is 1. The van der Waals surface area contributed by atoms with Gasteiger partial charge in [0.15, 0.2) is 0 Å². The molecule has 1 unspecified atom stereocenters. The average molecular weight is 247 g/mol. The van der Waals surface area contributed by atoms with E-state index in [9.17, 15) is 0 Å². The fraction of sp³-hybridized carbons (Fsp3) is 0.727. The van der Waals surface area contributed by atoms with Crippen LogP contribution in [-0.2, 0) is 12.3 Å². The monoisotopic (exact) mass is 246 g/mol. The van der Waals surface area contributed by atoms with E-state index in [1.54, 1.807) is 11.3 Å². The first-order valence-corrected chi connectivity index (χ1v) is 6.78. The first-order chi connectivity index (χ1) is 7.17. The van der Waals surface area contributed by atoms with Gasteiger partial charge in [-0.2, -0.15) is 0 Å². The van der Waals surface area contributed by atoms with E-state index in [0.29, 0.717) is 11.9 Å². The Kier molecular flexibility index (Phi) is 5.58. The molecule has 0 saturated heterocycles. The van der Waals surface area contributed by atoms with Crippen LogP contribution >= 0.6 is 22.9 Å². The Bertz CT molecular complexity index is 288. The fourth-order valence-electron chi connectivity index (χ4n) is 1.33. The summed E-state index contributed by atoms with van der Waals surface area (Å²) in [5.74, 6) is 0.525. The lowest BCUT2D eigenvalue weighted by Crippen LogP contribution is -2.30. The lowest BCUT2D eigenvalue weighted by molar-refractivity contribution is 0.255. The van der Waals surface area contributed by atoms with Gasteiger partial charge in [-0.05, 0) is 20.4 Å². The number of hydrogen-bond acceptors (Lipinski definition) is 3. The molecule has 0 spiro atoms. The van der Waals surface area contributed by atoms with Crippen molar-refractivity contribution in [3.63, 3.8) is 0 Å². The number of aromatic nitrogens is 1. The van der Waals surface area contributed by atoms with Crippen LogP contribution < -0.4 is 0 Å². The standard InChI is InChI=1S/C11H19ClN2S/c1-4-9(2)14(3)6-5-11-13-10(7-12)8-15-11/h8-9H,4-7H2,1-3H3. The molecule has 0 aliphatic heterocycles.